The van der Waals surface area contributed by atoms with E-state index >= 15 is 0 Å². The summed E-state index contributed by atoms with van der Waals surface area (Å²) in [7, 11) is 1.62. The third-order valence-electron chi connectivity index (χ3n) is 1.63. The van der Waals surface area contributed by atoms with Crippen LogP contribution < -0.4 is 11.1 Å². The molecular formula is C8H16ClN3O. The van der Waals surface area contributed by atoms with Crippen molar-refractivity contribution >= 4 is 17.8 Å². The number of nitrogens with two attached hydrogens (primary N) is 1. The first-order valence-electron chi connectivity index (χ1n) is 3.87. The van der Waals surface area contributed by atoms with E-state index in [9.17, 15) is 0 Å². The smallest absolute Gasteiger partial charge is 0.127 e. The van der Waals surface area contributed by atoms with Crippen molar-refractivity contribution in [2.75, 3.05) is 13.7 Å². The molecule has 0 rings (SSSR count). The van der Waals surface area contributed by atoms with Crippen LogP contribution in [0.4, 0.5) is 0 Å². The Morgan fingerprint density at radius 3 is 2.62 bits per heavy atom. The second-order valence-corrected chi connectivity index (χ2v) is 3.61. The lowest BCUT2D eigenvalue weighted by Gasteiger charge is -2.23. The van der Waals surface area contributed by atoms with Gasteiger partial charge in [0.25, 0.3) is 0 Å². The van der Waals surface area contributed by atoms with Crippen molar-refractivity contribution < 1.29 is 4.74 Å². The van der Waals surface area contributed by atoms with Crippen LogP contribution in [-0.4, -0.2) is 25.5 Å². The molecule has 0 bridgehead atoms. The minimum atomic E-state index is -0.303. The van der Waals surface area contributed by atoms with Gasteiger partial charge >= 0.3 is 0 Å². The monoisotopic (exact) mass is 205 g/mol. The van der Waals surface area contributed by atoms with E-state index in [-0.39, 0.29) is 16.5 Å². The number of rotatable bonds is 5. The molecule has 0 saturated carbocycles. The maximum Gasteiger partial charge on any atom is 0.127 e. The van der Waals surface area contributed by atoms with Gasteiger partial charge in [-0.2, -0.15) is 0 Å². The maximum absolute atomic E-state index is 6.85. The highest BCUT2D eigenvalue weighted by molar-refractivity contribution is 6.30. The van der Waals surface area contributed by atoms with E-state index in [4.69, 9.17) is 27.5 Å². The van der Waals surface area contributed by atoms with Gasteiger partial charge in [0.1, 0.15) is 5.16 Å². The topological polar surface area (TPSA) is 71.1 Å². The van der Waals surface area contributed by atoms with Gasteiger partial charge in [0, 0.05) is 19.9 Å². The van der Waals surface area contributed by atoms with Crippen molar-refractivity contribution in [1.29, 1.82) is 5.41 Å². The first-order valence-corrected chi connectivity index (χ1v) is 4.25. The maximum atomic E-state index is 6.85. The Morgan fingerprint density at radius 1 is 1.69 bits per heavy atom. The summed E-state index contributed by atoms with van der Waals surface area (Å²) in [4.78, 5) is 0. The summed E-state index contributed by atoms with van der Waals surface area (Å²) in [6.07, 6.45) is 0.995. The number of hydrogen-bond acceptors (Lipinski definition) is 4. The van der Waals surface area contributed by atoms with E-state index < -0.39 is 0 Å². The van der Waals surface area contributed by atoms with Crippen LogP contribution in [0.1, 0.15) is 13.8 Å². The number of ether oxygens (including phenoxy) is 1. The average Bonchev–Trinajstić information content (AvgIpc) is 2.13. The fourth-order valence-corrected chi connectivity index (χ4v) is 0.649. The van der Waals surface area contributed by atoms with E-state index in [1.165, 1.54) is 0 Å². The summed E-state index contributed by atoms with van der Waals surface area (Å²) in [6.45, 7) is 4.38. The second-order valence-electron chi connectivity index (χ2n) is 3.23. The molecule has 5 heteroatoms. The lowest BCUT2D eigenvalue weighted by Crippen LogP contribution is -2.36. The van der Waals surface area contributed by atoms with Crippen LogP contribution in [0.25, 0.3) is 0 Å². The highest BCUT2D eigenvalue weighted by atomic mass is 35.5. The average molecular weight is 206 g/mol. The van der Waals surface area contributed by atoms with E-state index in [2.05, 4.69) is 5.32 Å². The summed E-state index contributed by atoms with van der Waals surface area (Å²) >= 11 is 5.73. The van der Waals surface area contributed by atoms with Crippen LogP contribution in [-0.2, 0) is 4.74 Å². The number of nitrogens with one attached hydrogen (secondary N) is 2. The van der Waals surface area contributed by atoms with Crippen LogP contribution in [0.2, 0.25) is 0 Å². The summed E-state index contributed by atoms with van der Waals surface area (Å²) < 4.78 is 5.16. The number of halogens is 1. The van der Waals surface area contributed by atoms with E-state index in [0.29, 0.717) is 6.54 Å². The summed E-state index contributed by atoms with van der Waals surface area (Å²) in [5.41, 5.74) is 5.30. The Bertz CT molecular complexity index is 213. The normalized spacial score (nSPS) is 13.5. The number of allylic oxidation sites excluding steroid dienone is 1. The highest BCUT2D eigenvalue weighted by Crippen LogP contribution is 2.07. The molecule has 0 aliphatic heterocycles. The molecule has 0 amide bonds. The van der Waals surface area contributed by atoms with Gasteiger partial charge < -0.3 is 21.2 Å². The predicted octanol–water partition coefficient (Wildman–Crippen LogP) is 1.02. The first kappa shape index (κ1) is 12.3. The molecule has 0 heterocycles. The van der Waals surface area contributed by atoms with Crippen LogP contribution in [0, 0.1) is 5.41 Å². The summed E-state index contributed by atoms with van der Waals surface area (Å²) in [5, 5.41) is 10.0. The Labute approximate surface area is 83.6 Å². The zero-order valence-electron chi connectivity index (χ0n) is 8.15. The Balaban J connectivity index is 4.10. The summed E-state index contributed by atoms with van der Waals surface area (Å²) in [6, 6.07) is 0. The molecule has 0 saturated heterocycles. The molecule has 0 radical (unpaired) electrons. The third kappa shape index (κ3) is 4.75. The number of hydrogen-bond donors (Lipinski definition) is 3. The molecule has 0 aliphatic carbocycles. The molecule has 0 aliphatic rings. The van der Waals surface area contributed by atoms with Crippen molar-refractivity contribution in [2.45, 2.75) is 19.4 Å². The van der Waals surface area contributed by atoms with E-state index in [1.54, 1.807) is 7.11 Å². The molecule has 13 heavy (non-hydrogen) atoms. The van der Waals surface area contributed by atoms with E-state index in [1.807, 2.05) is 13.8 Å². The van der Waals surface area contributed by atoms with Gasteiger partial charge in [-0.1, -0.05) is 11.6 Å². The zero-order chi connectivity index (χ0) is 10.5. The molecule has 0 unspecified atom stereocenters. The Hall–Kier alpha value is -0.740. The van der Waals surface area contributed by atoms with Crippen molar-refractivity contribution in [3.63, 3.8) is 0 Å². The minimum absolute atomic E-state index is 0.216. The molecule has 0 aromatic heterocycles. The second kappa shape index (κ2) is 5.09. The van der Waals surface area contributed by atoms with Crippen molar-refractivity contribution in [3.05, 3.63) is 10.9 Å². The van der Waals surface area contributed by atoms with Crippen LogP contribution in [0.5, 0.6) is 0 Å². The van der Waals surface area contributed by atoms with Gasteiger partial charge in [0.2, 0.25) is 0 Å². The zero-order valence-corrected chi connectivity index (χ0v) is 8.90. The van der Waals surface area contributed by atoms with E-state index in [0.717, 1.165) is 6.21 Å². The van der Waals surface area contributed by atoms with Crippen LogP contribution in [0.15, 0.2) is 10.9 Å². The molecule has 4 N–H and O–H groups in total. The summed E-state index contributed by atoms with van der Waals surface area (Å²) in [5.74, 6) is 0. The SMILES string of the molecule is COC(C)(C)CN/C(Cl)=C(/N)C=N. The van der Waals surface area contributed by atoms with Crippen molar-refractivity contribution in [2.24, 2.45) is 5.73 Å². The fraction of sp³-hybridized carbons (Fsp3) is 0.625. The lowest BCUT2D eigenvalue weighted by molar-refractivity contribution is 0.0257. The lowest BCUT2D eigenvalue weighted by atomic mass is 10.1. The standard InChI is InChI=1S/C8H16ClN3O/c1-8(2,13-3)5-12-7(9)6(11)4-10/h4,10,12H,5,11H2,1-3H3/b7-6+,10-4?. The third-order valence-corrected chi connectivity index (χ3v) is 1.98. The molecule has 4 nitrogen and oxygen atoms in total. The van der Waals surface area contributed by atoms with Crippen LogP contribution >= 0.6 is 11.6 Å². The Morgan fingerprint density at radius 2 is 2.23 bits per heavy atom. The fourth-order valence-electron chi connectivity index (χ4n) is 0.528. The van der Waals surface area contributed by atoms with Crippen LogP contribution in [0.3, 0.4) is 0 Å². The van der Waals surface area contributed by atoms with Gasteiger partial charge in [-0.05, 0) is 13.8 Å². The Kier molecular flexibility index (Phi) is 4.80. The molecule has 0 aromatic carbocycles. The molecule has 0 spiro atoms. The van der Waals surface area contributed by atoms with Gasteiger partial charge in [0.05, 0.1) is 11.3 Å². The molecule has 0 atom stereocenters. The van der Waals surface area contributed by atoms with Crippen molar-refractivity contribution in [1.82, 2.24) is 5.32 Å². The van der Waals surface area contributed by atoms with Gasteiger partial charge in [-0.25, -0.2) is 0 Å². The van der Waals surface area contributed by atoms with Gasteiger partial charge in [-0.15, -0.1) is 0 Å². The van der Waals surface area contributed by atoms with Crippen molar-refractivity contribution in [3.8, 4) is 0 Å². The molecule has 0 fully saturated rings. The highest BCUT2D eigenvalue weighted by Gasteiger charge is 2.16. The quantitative estimate of drug-likeness (QED) is 0.464. The minimum Gasteiger partial charge on any atom is -0.395 e. The molecule has 0 aromatic rings. The number of methoxy groups -OCH3 is 1. The van der Waals surface area contributed by atoms with Gasteiger partial charge in [0.15, 0.2) is 0 Å². The largest absolute Gasteiger partial charge is 0.395 e. The van der Waals surface area contributed by atoms with Gasteiger partial charge in [-0.3, -0.25) is 0 Å². The first-order chi connectivity index (χ1) is 5.93. The molecular weight excluding hydrogens is 190 g/mol. The predicted molar refractivity (Wildman–Crippen MR) is 54.9 cm³/mol. The molecule has 76 valence electrons.